The summed E-state index contributed by atoms with van der Waals surface area (Å²) in [6.45, 7) is 2.94. The third kappa shape index (κ3) is 7.24. The van der Waals surface area contributed by atoms with Gasteiger partial charge in [-0.2, -0.15) is 13.2 Å². The second-order valence-corrected chi connectivity index (χ2v) is 9.70. The highest BCUT2D eigenvalue weighted by Crippen LogP contribution is 2.34. The number of ether oxygens (including phenoxy) is 2. The molecule has 2 nitrogen and oxygen atoms in total. The number of fused-ring (bicyclic) bond motifs is 1. The monoisotopic (exact) mass is 552 g/mol. The van der Waals surface area contributed by atoms with Gasteiger partial charge in [-0.25, -0.2) is 17.6 Å². The van der Waals surface area contributed by atoms with E-state index < -0.39 is 40.6 Å². The third-order valence-corrected chi connectivity index (χ3v) is 6.78. The van der Waals surface area contributed by atoms with Gasteiger partial charge in [-0.15, -0.1) is 0 Å². The minimum atomic E-state index is -4.93. The molecule has 0 aliphatic carbocycles. The van der Waals surface area contributed by atoms with Gasteiger partial charge in [-0.3, -0.25) is 0 Å². The predicted octanol–water partition coefficient (Wildman–Crippen LogP) is 8.73. The summed E-state index contributed by atoms with van der Waals surface area (Å²) in [5.74, 6) is -1.71. The van der Waals surface area contributed by atoms with Crippen LogP contribution in [0, 0.1) is 41.0 Å². The highest BCUT2D eigenvalue weighted by atomic mass is 19.4. The van der Waals surface area contributed by atoms with Crippen LogP contribution in [0.15, 0.2) is 36.4 Å². The molecule has 1 heterocycles. The van der Waals surface area contributed by atoms with E-state index in [1.54, 1.807) is 0 Å². The lowest BCUT2D eigenvalue weighted by Gasteiger charge is -2.29. The van der Waals surface area contributed by atoms with E-state index in [0.717, 1.165) is 55.5 Å². The molecule has 39 heavy (non-hydrogen) atoms. The van der Waals surface area contributed by atoms with Crippen molar-refractivity contribution in [3.8, 4) is 28.7 Å². The predicted molar refractivity (Wildman–Crippen MR) is 134 cm³/mol. The number of rotatable bonds is 8. The van der Waals surface area contributed by atoms with Gasteiger partial charge in [0.1, 0.15) is 35.6 Å². The second-order valence-electron chi connectivity index (χ2n) is 9.70. The normalized spacial score (nSPS) is 17.6. The van der Waals surface area contributed by atoms with Crippen molar-refractivity contribution in [3.05, 3.63) is 65.2 Å². The molecule has 1 fully saturated rings. The summed E-state index contributed by atoms with van der Waals surface area (Å²) in [7, 11) is 0. The fourth-order valence-corrected chi connectivity index (χ4v) is 4.73. The maximum absolute atomic E-state index is 15.0. The summed E-state index contributed by atoms with van der Waals surface area (Å²) in [4.78, 5) is 0. The first-order chi connectivity index (χ1) is 18.6. The van der Waals surface area contributed by atoms with Crippen LogP contribution < -0.4 is 4.74 Å². The van der Waals surface area contributed by atoms with Gasteiger partial charge in [-0.1, -0.05) is 44.2 Å². The average molecular weight is 553 g/mol. The van der Waals surface area contributed by atoms with Gasteiger partial charge >= 0.3 is 6.18 Å². The van der Waals surface area contributed by atoms with Crippen LogP contribution in [-0.4, -0.2) is 25.5 Å². The topological polar surface area (TPSA) is 18.5 Å². The highest BCUT2D eigenvalue weighted by Gasteiger charge is 2.25. The molecule has 4 rings (SSSR count). The molecule has 0 spiro atoms. The summed E-state index contributed by atoms with van der Waals surface area (Å²) in [6, 6.07) is 6.27. The van der Waals surface area contributed by atoms with E-state index in [4.69, 9.17) is 9.47 Å². The van der Waals surface area contributed by atoms with Gasteiger partial charge < -0.3 is 9.47 Å². The number of hydrogen-bond acceptors (Lipinski definition) is 2. The zero-order chi connectivity index (χ0) is 28.2. The molecular formula is C30H27F7O2. The van der Waals surface area contributed by atoms with Crippen molar-refractivity contribution < 1.29 is 40.2 Å². The van der Waals surface area contributed by atoms with Crippen molar-refractivity contribution >= 4 is 10.8 Å². The minimum absolute atomic E-state index is 0.0123. The summed E-state index contributed by atoms with van der Waals surface area (Å²) in [5, 5.41) is -0.339. The van der Waals surface area contributed by atoms with Crippen LogP contribution in [0.1, 0.15) is 51.0 Å². The molecule has 1 aliphatic heterocycles. The molecular weight excluding hydrogens is 525 g/mol. The highest BCUT2D eigenvalue weighted by molar-refractivity contribution is 5.89. The average Bonchev–Trinajstić information content (AvgIpc) is 2.87. The Morgan fingerprint density at radius 2 is 1.69 bits per heavy atom. The molecule has 1 aliphatic rings. The Morgan fingerprint density at radius 3 is 2.33 bits per heavy atom. The van der Waals surface area contributed by atoms with Crippen molar-refractivity contribution in [2.45, 2.75) is 57.7 Å². The van der Waals surface area contributed by atoms with Gasteiger partial charge in [0.25, 0.3) is 0 Å². The Morgan fingerprint density at radius 1 is 0.949 bits per heavy atom. The third-order valence-electron chi connectivity index (χ3n) is 6.78. The summed E-state index contributed by atoms with van der Waals surface area (Å²) >= 11 is 0. The largest absolute Gasteiger partial charge is 0.491 e. The maximum atomic E-state index is 15.0. The van der Waals surface area contributed by atoms with Crippen LogP contribution in [0.2, 0.25) is 0 Å². The van der Waals surface area contributed by atoms with Crippen LogP contribution in [-0.2, 0) is 4.74 Å². The second kappa shape index (κ2) is 12.3. The number of alkyl halides is 3. The van der Waals surface area contributed by atoms with Crippen molar-refractivity contribution in [2.24, 2.45) is 5.92 Å². The smallest absolute Gasteiger partial charge is 0.458 e. The van der Waals surface area contributed by atoms with E-state index in [0.29, 0.717) is 12.5 Å². The van der Waals surface area contributed by atoms with Crippen molar-refractivity contribution in [1.29, 1.82) is 0 Å². The van der Waals surface area contributed by atoms with Crippen LogP contribution in [0.25, 0.3) is 21.9 Å². The van der Waals surface area contributed by atoms with Gasteiger partial charge in [0.2, 0.25) is 0 Å². The molecule has 0 aromatic heterocycles. The molecule has 3 aromatic rings. The summed E-state index contributed by atoms with van der Waals surface area (Å²) in [6.07, 6.45) is 1.38. The lowest BCUT2D eigenvalue weighted by molar-refractivity contribution is -0.0696. The minimum Gasteiger partial charge on any atom is -0.491 e. The van der Waals surface area contributed by atoms with Crippen LogP contribution in [0.5, 0.6) is 5.75 Å². The van der Waals surface area contributed by atoms with Gasteiger partial charge in [0.05, 0.1) is 17.2 Å². The van der Waals surface area contributed by atoms with E-state index >= 15 is 0 Å². The van der Waals surface area contributed by atoms with E-state index in [-0.39, 0.29) is 34.8 Å². The van der Waals surface area contributed by atoms with Crippen LogP contribution >= 0.6 is 0 Å². The first kappa shape index (κ1) is 28.8. The van der Waals surface area contributed by atoms with Crippen molar-refractivity contribution in [2.75, 3.05) is 13.2 Å². The standard InChI is InChI=1S/C30H27F7O2/c1-2-3-4-5-18-6-8-21(38-16-18)17-39-22-14-26(32)28(27(33)15-22)19-7-9-23-20(12-19)13-25(31)24(29(23)34)10-11-30(35,36)37/h7,9,12-15,18,21H,2-6,8,16-17H2,1H3. The fraction of sp³-hybridized carbons (Fsp3) is 0.400. The molecule has 0 saturated carbocycles. The first-order valence-corrected chi connectivity index (χ1v) is 12.8. The Kier molecular flexibility index (Phi) is 9.06. The summed E-state index contributed by atoms with van der Waals surface area (Å²) < 4.78 is 108. The van der Waals surface area contributed by atoms with Crippen molar-refractivity contribution in [1.82, 2.24) is 0 Å². The van der Waals surface area contributed by atoms with Crippen molar-refractivity contribution in [3.63, 3.8) is 0 Å². The molecule has 0 radical (unpaired) electrons. The molecule has 3 aromatic carbocycles. The molecule has 0 N–H and O–H groups in total. The molecule has 9 heteroatoms. The fourth-order valence-electron chi connectivity index (χ4n) is 4.73. The Bertz CT molecular complexity index is 1360. The number of unbranched alkanes of at least 4 members (excludes halogenated alkanes) is 2. The van der Waals surface area contributed by atoms with Gasteiger partial charge in [0, 0.05) is 30.0 Å². The van der Waals surface area contributed by atoms with E-state index in [2.05, 4.69) is 6.92 Å². The molecule has 2 atom stereocenters. The first-order valence-electron chi connectivity index (χ1n) is 12.8. The molecule has 208 valence electrons. The lowest BCUT2D eigenvalue weighted by atomic mass is 9.93. The van der Waals surface area contributed by atoms with E-state index in [1.165, 1.54) is 31.2 Å². The maximum Gasteiger partial charge on any atom is 0.458 e. The molecule has 1 saturated heterocycles. The Balaban J connectivity index is 1.48. The van der Waals surface area contributed by atoms with E-state index in [9.17, 15) is 30.7 Å². The number of halogens is 7. The Labute approximate surface area is 222 Å². The lowest BCUT2D eigenvalue weighted by Crippen LogP contribution is -2.30. The zero-order valence-corrected chi connectivity index (χ0v) is 21.2. The quantitative estimate of drug-likeness (QED) is 0.158. The summed E-state index contributed by atoms with van der Waals surface area (Å²) in [5.41, 5.74) is -1.49. The van der Waals surface area contributed by atoms with Gasteiger partial charge in [-0.05, 0) is 48.3 Å². The Hall–Kier alpha value is -3.25. The van der Waals surface area contributed by atoms with Gasteiger partial charge in [0.15, 0.2) is 0 Å². The van der Waals surface area contributed by atoms with Crippen LogP contribution in [0.3, 0.4) is 0 Å². The van der Waals surface area contributed by atoms with Crippen LogP contribution in [0.4, 0.5) is 30.7 Å². The molecule has 2 unspecified atom stereocenters. The van der Waals surface area contributed by atoms with E-state index in [1.807, 2.05) is 0 Å². The molecule has 0 bridgehead atoms. The number of benzene rings is 3. The zero-order valence-electron chi connectivity index (χ0n) is 21.2. The number of hydrogen-bond donors (Lipinski definition) is 0. The molecule has 0 amide bonds. The SMILES string of the molecule is CCCCCC1CCC(COc2cc(F)c(-c3ccc4c(F)c(C#CC(F)(F)F)c(F)cc4c3)c(F)c2)OC1.